The molecule has 2 atom stereocenters. The fourth-order valence-electron chi connectivity index (χ4n) is 3.89. The first-order valence-electron chi connectivity index (χ1n) is 9.27. The second-order valence-corrected chi connectivity index (χ2v) is 7.82. The third-order valence-electron chi connectivity index (χ3n) is 5.22. The minimum Gasteiger partial charge on any atom is -0.353 e. The van der Waals surface area contributed by atoms with Crippen LogP contribution in [0.5, 0.6) is 0 Å². The molecule has 2 heterocycles. The van der Waals surface area contributed by atoms with Crippen LogP contribution in [0.25, 0.3) is 0 Å². The van der Waals surface area contributed by atoms with E-state index in [9.17, 15) is 4.79 Å². The Hall–Kier alpha value is -0.0300. The highest BCUT2D eigenvalue weighted by molar-refractivity contribution is 5.85. The van der Waals surface area contributed by atoms with E-state index in [0.717, 1.165) is 44.9 Å². The molecule has 0 radical (unpaired) electrons. The predicted octanol–water partition coefficient (Wildman–Crippen LogP) is 3.09. The molecule has 0 aliphatic carbocycles. The van der Waals surface area contributed by atoms with Crippen LogP contribution in [0.4, 0.5) is 0 Å². The molecule has 0 aromatic carbocycles. The Morgan fingerprint density at radius 1 is 1.17 bits per heavy atom. The van der Waals surface area contributed by atoms with Gasteiger partial charge in [-0.2, -0.15) is 0 Å². The van der Waals surface area contributed by atoms with Gasteiger partial charge in [-0.15, -0.1) is 24.8 Å². The van der Waals surface area contributed by atoms with Crippen molar-refractivity contribution in [2.45, 2.75) is 58.9 Å². The lowest BCUT2D eigenvalue weighted by molar-refractivity contribution is -0.123. The molecule has 2 unspecified atom stereocenters. The monoisotopic (exact) mass is 381 g/mol. The van der Waals surface area contributed by atoms with Crippen LogP contribution in [-0.2, 0) is 4.79 Å². The zero-order valence-corrected chi connectivity index (χ0v) is 17.2. The maximum absolute atomic E-state index is 12.3. The normalized spacial score (nSPS) is 23.9. The van der Waals surface area contributed by atoms with E-state index in [1.54, 1.807) is 0 Å². The lowest BCUT2D eigenvalue weighted by Gasteiger charge is -2.34. The SMILES string of the molecule is CC(C)CN1CCC(NC(=O)CC(C)C2CCCNC2)CC1.Cl.Cl. The Bertz CT molecular complexity index is 341. The van der Waals surface area contributed by atoms with Crippen molar-refractivity contribution in [3.63, 3.8) is 0 Å². The number of halogens is 2. The van der Waals surface area contributed by atoms with Crippen molar-refractivity contribution in [1.82, 2.24) is 15.5 Å². The zero-order chi connectivity index (χ0) is 15.9. The molecule has 144 valence electrons. The number of carbonyl (C=O) groups excluding carboxylic acids is 1. The topological polar surface area (TPSA) is 44.4 Å². The molecule has 0 spiro atoms. The van der Waals surface area contributed by atoms with Crippen LogP contribution >= 0.6 is 24.8 Å². The number of piperidine rings is 2. The van der Waals surface area contributed by atoms with Crippen LogP contribution in [0.3, 0.4) is 0 Å². The van der Waals surface area contributed by atoms with E-state index < -0.39 is 0 Å². The van der Waals surface area contributed by atoms with E-state index >= 15 is 0 Å². The summed E-state index contributed by atoms with van der Waals surface area (Å²) in [6, 6.07) is 0.396. The second kappa shape index (κ2) is 12.3. The van der Waals surface area contributed by atoms with E-state index in [1.165, 1.54) is 19.4 Å². The second-order valence-electron chi connectivity index (χ2n) is 7.82. The van der Waals surface area contributed by atoms with Gasteiger partial charge in [-0.25, -0.2) is 0 Å². The summed E-state index contributed by atoms with van der Waals surface area (Å²) in [6.45, 7) is 12.5. The Labute approximate surface area is 160 Å². The highest BCUT2D eigenvalue weighted by Crippen LogP contribution is 2.22. The summed E-state index contributed by atoms with van der Waals surface area (Å²) < 4.78 is 0. The lowest BCUT2D eigenvalue weighted by Crippen LogP contribution is -2.46. The van der Waals surface area contributed by atoms with Crippen molar-refractivity contribution >= 4 is 30.7 Å². The van der Waals surface area contributed by atoms with E-state index in [4.69, 9.17) is 0 Å². The van der Waals surface area contributed by atoms with Crippen LogP contribution in [0.1, 0.15) is 52.9 Å². The largest absolute Gasteiger partial charge is 0.353 e. The number of likely N-dealkylation sites (tertiary alicyclic amines) is 1. The lowest BCUT2D eigenvalue weighted by atomic mass is 9.85. The fourth-order valence-corrected chi connectivity index (χ4v) is 3.89. The standard InChI is InChI=1S/C18H35N3O.2ClH/c1-14(2)13-21-9-6-17(7-10-21)20-18(22)11-15(3)16-5-4-8-19-12-16;;/h14-17,19H,4-13H2,1-3H3,(H,20,22);2*1H. The molecule has 2 fully saturated rings. The highest BCUT2D eigenvalue weighted by atomic mass is 35.5. The average Bonchev–Trinajstić information content (AvgIpc) is 2.49. The number of nitrogens with zero attached hydrogens (tertiary/aromatic N) is 1. The molecule has 4 nitrogen and oxygen atoms in total. The summed E-state index contributed by atoms with van der Waals surface area (Å²) in [7, 11) is 0. The van der Waals surface area contributed by atoms with Gasteiger partial charge in [0.1, 0.15) is 0 Å². The van der Waals surface area contributed by atoms with Gasteiger partial charge in [0, 0.05) is 32.1 Å². The summed E-state index contributed by atoms with van der Waals surface area (Å²) in [5.41, 5.74) is 0. The van der Waals surface area contributed by atoms with Gasteiger partial charge < -0.3 is 15.5 Å². The molecule has 0 saturated carbocycles. The predicted molar refractivity (Wildman–Crippen MR) is 106 cm³/mol. The summed E-state index contributed by atoms with van der Waals surface area (Å²) in [4.78, 5) is 14.8. The molecule has 0 bridgehead atoms. The van der Waals surface area contributed by atoms with Crippen LogP contribution in [0.15, 0.2) is 0 Å². The van der Waals surface area contributed by atoms with Gasteiger partial charge in [-0.1, -0.05) is 20.8 Å². The number of carbonyl (C=O) groups is 1. The van der Waals surface area contributed by atoms with E-state index in [-0.39, 0.29) is 30.7 Å². The Kier molecular flexibility index (Phi) is 12.3. The first-order valence-corrected chi connectivity index (χ1v) is 9.27. The van der Waals surface area contributed by atoms with Gasteiger partial charge in [-0.05, 0) is 56.5 Å². The molecule has 2 aliphatic heterocycles. The Morgan fingerprint density at radius 2 is 1.83 bits per heavy atom. The van der Waals surface area contributed by atoms with Gasteiger partial charge in [0.2, 0.25) is 5.91 Å². The maximum Gasteiger partial charge on any atom is 0.220 e. The van der Waals surface area contributed by atoms with Crippen molar-refractivity contribution in [2.75, 3.05) is 32.7 Å². The van der Waals surface area contributed by atoms with Gasteiger partial charge in [0.25, 0.3) is 0 Å². The molecule has 0 aromatic heterocycles. The quantitative estimate of drug-likeness (QED) is 0.742. The summed E-state index contributed by atoms with van der Waals surface area (Å²) in [6.07, 6.45) is 5.44. The van der Waals surface area contributed by atoms with Crippen molar-refractivity contribution in [3.8, 4) is 0 Å². The molecular weight excluding hydrogens is 345 g/mol. The summed E-state index contributed by atoms with van der Waals surface area (Å²) >= 11 is 0. The number of hydrogen-bond donors (Lipinski definition) is 2. The van der Waals surface area contributed by atoms with E-state index in [1.807, 2.05) is 0 Å². The number of hydrogen-bond acceptors (Lipinski definition) is 3. The van der Waals surface area contributed by atoms with Gasteiger partial charge in [0.05, 0.1) is 0 Å². The average molecular weight is 382 g/mol. The Balaban J connectivity index is 0.00000264. The maximum atomic E-state index is 12.3. The van der Waals surface area contributed by atoms with Gasteiger partial charge in [0.15, 0.2) is 0 Å². The van der Waals surface area contributed by atoms with Crippen LogP contribution in [0, 0.1) is 17.8 Å². The molecule has 2 N–H and O–H groups in total. The minimum absolute atomic E-state index is 0. The van der Waals surface area contributed by atoms with E-state index in [2.05, 4.69) is 36.3 Å². The van der Waals surface area contributed by atoms with Crippen LogP contribution in [-0.4, -0.2) is 49.6 Å². The first kappa shape index (κ1) is 24.0. The smallest absolute Gasteiger partial charge is 0.220 e. The third kappa shape index (κ3) is 8.37. The summed E-state index contributed by atoms with van der Waals surface area (Å²) in [5.74, 6) is 2.16. The molecule has 6 heteroatoms. The first-order chi connectivity index (χ1) is 10.5. The summed E-state index contributed by atoms with van der Waals surface area (Å²) in [5, 5.41) is 6.73. The number of rotatable bonds is 6. The van der Waals surface area contributed by atoms with Gasteiger partial charge >= 0.3 is 0 Å². The van der Waals surface area contributed by atoms with Crippen molar-refractivity contribution < 1.29 is 4.79 Å². The van der Waals surface area contributed by atoms with Crippen LogP contribution in [0.2, 0.25) is 0 Å². The molecule has 1 amide bonds. The zero-order valence-electron chi connectivity index (χ0n) is 15.6. The number of amides is 1. The third-order valence-corrected chi connectivity index (χ3v) is 5.22. The molecular formula is C18H37Cl2N3O. The van der Waals surface area contributed by atoms with Crippen molar-refractivity contribution in [2.24, 2.45) is 17.8 Å². The van der Waals surface area contributed by atoms with Gasteiger partial charge in [-0.3, -0.25) is 4.79 Å². The Morgan fingerprint density at radius 3 is 2.38 bits per heavy atom. The van der Waals surface area contributed by atoms with Crippen LogP contribution < -0.4 is 10.6 Å². The molecule has 0 aromatic rings. The minimum atomic E-state index is 0. The molecule has 24 heavy (non-hydrogen) atoms. The fraction of sp³-hybridized carbons (Fsp3) is 0.944. The van der Waals surface area contributed by atoms with Crippen molar-refractivity contribution in [1.29, 1.82) is 0 Å². The highest BCUT2D eigenvalue weighted by Gasteiger charge is 2.24. The molecule has 2 rings (SSSR count). The van der Waals surface area contributed by atoms with E-state index in [0.29, 0.717) is 24.3 Å². The molecule has 2 aliphatic rings. The number of nitrogens with one attached hydrogen (secondary N) is 2. The molecule has 2 saturated heterocycles. The van der Waals surface area contributed by atoms with Crippen molar-refractivity contribution in [3.05, 3.63) is 0 Å².